The molecule has 1 N–H and O–H groups in total. The van der Waals surface area contributed by atoms with E-state index in [1.807, 2.05) is 21.0 Å². The van der Waals surface area contributed by atoms with Crippen LogP contribution in [0.4, 0.5) is 0 Å². The molecule has 2 saturated heterocycles. The van der Waals surface area contributed by atoms with Crippen LogP contribution in [0.1, 0.15) is 466 Å². The quantitative estimate of drug-likeness (QED) is 0.112. The minimum atomic E-state index is 0. The van der Waals surface area contributed by atoms with Gasteiger partial charge in [-0.3, -0.25) is 0 Å². The lowest BCUT2D eigenvalue weighted by Gasteiger charge is -2.42. The molecule has 10 nitrogen and oxygen atoms in total. The molecule has 2 aliphatic heterocycles. The van der Waals surface area contributed by atoms with Crippen molar-refractivity contribution in [1.29, 1.82) is 0 Å². The predicted molar refractivity (Wildman–Crippen MR) is 543 cm³/mol. The molecule has 1 unspecified atom stereocenters. The molecule has 6 aliphatic rings. The normalized spacial score (nSPS) is 19.5. The maximum atomic E-state index is 8.86. The lowest BCUT2D eigenvalue weighted by Crippen LogP contribution is -2.45. The van der Waals surface area contributed by atoms with E-state index in [0.29, 0.717) is 92.1 Å². The van der Waals surface area contributed by atoms with Crippen molar-refractivity contribution in [1.82, 2.24) is 19.6 Å². The van der Waals surface area contributed by atoms with Crippen LogP contribution in [0.3, 0.4) is 0 Å². The summed E-state index contributed by atoms with van der Waals surface area (Å²) in [5.74, 6) is 5.11. The van der Waals surface area contributed by atoms with Crippen molar-refractivity contribution < 1.29 is 28.8 Å². The fraction of sp³-hybridized carbons (Fsp3) is 1.00. The molecule has 4 saturated carbocycles. The van der Waals surface area contributed by atoms with Gasteiger partial charge < -0.3 is 48.4 Å². The van der Waals surface area contributed by atoms with Crippen molar-refractivity contribution in [2.45, 2.75) is 478 Å². The number of methoxy groups -OCH3 is 3. The van der Waals surface area contributed by atoms with Crippen molar-refractivity contribution >= 4 is 0 Å². The average molecular weight is 1700 g/mol. The molecule has 730 valence electrons. The number of likely N-dealkylation sites (tertiary alicyclic amines) is 1. The summed E-state index contributed by atoms with van der Waals surface area (Å²) in [5.41, 5.74) is 5.28. The van der Waals surface area contributed by atoms with Gasteiger partial charge in [-0.2, -0.15) is 0 Å². The average Bonchev–Trinajstić information content (AvgIpc) is 0.824. The van der Waals surface area contributed by atoms with Gasteiger partial charge in [0.2, 0.25) is 0 Å². The standard InChI is InChI=1S/C11H24N2.C11H23N.C10H23N.C10H20.C9H20O2.2C9H18O.C8H18O.C8H16.C7H16O.2C7H16.C2H6.CH4/c1-11(2,3)5-6-13-9-7-12(4)8-10-13;1-11(2,3)7-10-12-8-5-4-6-9-12;1-6-11(7-2)9-8-10(3,4)5;1-10(2,3)9-7-5-4-6-8-9;1-9(2,3)5-6-11-8-7-10-4;1-9(2,3)7-5-8(6-7)10-4;1-3-10-9-6-4-8(2)5-7-9;1-5-7(6-9)8(2,3)4;1-8(2,3)7-5-4-6-7;1-7(2,3)5-6-8-4;1-6(2)7(3,4)5;1-5-6-7(2,3)4;1-2;/h5-10H2,1-4H3;4-10H2,1-3H3;6-9H2,1-5H3;9H,4-8H2,1-3H3;5-8H2,1-4H3;7-8H,5-6H2,1-4H3;8-9H,3-7H2,1-2H3;7,9H,5-6H2,1-4H3;7H,4-6H2,1-3H3;5-6H2,1-4H3;6H,1-5H3;5-6H2,1-4H3;1-2H3;1H4. The van der Waals surface area contributed by atoms with Crippen LogP contribution in [0.25, 0.3) is 0 Å². The van der Waals surface area contributed by atoms with Crippen LogP contribution in [0, 0.1) is 95.1 Å². The Morgan fingerprint density at radius 1 is 0.395 bits per heavy atom. The van der Waals surface area contributed by atoms with Crippen LogP contribution < -0.4 is 0 Å². The summed E-state index contributed by atoms with van der Waals surface area (Å²) in [5, 5.41) is 8.86. The highest BCUT2D eigenvalue weighted by atomic mass is 16.5. The number of nitrogens with zero attached hydrogens (tertiary/aromatic N) is 4. The molecule has 0 aromatic rings. The van der Waals surface area contributed by atoms with Gasteiger partial charge in [0.15, 0.2) is 0 Å². The minimum absolute atomic E-state index is 0. The van der Waals surface area contributed by atoms with Gasteiger partial charge in [-0.15, -0.1) is 0 Å². The van der Waals surface area contributed by atoms with E-state index in [0.717, 1.165) is 68.7 Å². The molecular formula is C109H238N4O6. The molecule has 10 heteroatoms. The first-order valence-electron chi connectivity index (χ1n) is 49.9. The van der Waals surface area contributed by atoms with Gasteiger partial charge in [-0.1, -0.05) is 343 Å². The molecule has 0 spiro atoms. The van der Waals surface area contributed by atoms with Crippen LogP contribution in [-0.2, 0) is 23.7 Å². The number of likely N-dealkylation sites (N-methyl/N-ethyl adjacent to an activating group) is 1. The predicted octanol–water partition coefficient (Wildman–Crippen LogP) is 32.2. The Hall–Kier alpha value is -0.400. The topological polar surface area (TPSA) is 79.3 Å². The zero-order chi connectivity index (χ0) is 93.7. The van der Waals surface area contributed by atoms with E-state index in [4.69, 9.17) is 28.8 Å². The highest BCUT2D eigenvalue weighted by Gasteiger charge is 2.37. The largest absolute Gasteiger partial charge is 0.396 e. The van der Waals surface area contributed by atoms with E-state index in [1.54, 1.807) is 14.2 Å². The summed E-state index contributed by atoms with van der Waals surface area (Å²) in [6.07, 6.45) is 35.0. The van der Waals surface area contributed by atoms with Gasteiger partial charge in [0.25, 0.3) is 0 Å². The molecule has 2 heterocycles. The number of aliphatic hydroxyl groups is 1. The first-order valence-corrected chi connectivity index (χ1v) is 49.9. The Bertz CT molecular complexity index is 2060. The number of ether oxygens (including phenoxy) is 5. The zero-order valence-electron chi connectivity index (χ0n) is 91.1. The minimum Gasteiger partial charge on any atom is -0.396 e. The molecule has 1 atom stereocenters. The molecule has 0 aromatic heterocycles. The van der Waals surface area contributed by atoms with Crippen LogP contribution in [0.15, 0.2) is 0 Å². The third-order valence-corrected chi connectivity index (χ3v) is 24.8. The number of piperidine rings is 1. The Balaban J connectivity index is -0.000000188. The molecule has 4 aliphatic carbocycles. The smallest absolute Gasteiger partial charge is 0.0700 e. The maximum absolute atomic E-state index is 8.86. The van der Waals surface area contributed by atoms with E-state index in [9.17, 15) is 0 Å². The summed E-state index contributed by atoms with van der Waals surface area (Å²) in [7, 11) is 7.45. The van der Waals surface area contributed by atoms with Crippen molar-refractivity contribution in [3.63, 3.8) is 0 Å². The SMILES string of the molecule is C.CC.CC(C)(C)C1CCC1.CC(C)(C)C1CCCCC1.CC(C)(C)CCN1CCCCC1.CC(C)C(C)(C)C.CCC(CO)C(C)(C)C.CCCC(C)(C)C.CCN(CC)CCC(C)(C)C.CCOC1CCC(C)CC1.CN1CCN(CCC(C)(C)C)CC1.COC1CC(C(C)(C)C)C1.COCCC(C)(C)C.COCCOCCC(C)(C)C. The summed E-state index contributed by atoms with van der Waals surface area (Å²) in [4.78, 5) is 10.1. The Kier molecular flexibility index (Phi) is 81.6. The van der Waals surface area contributed by atoms with E-state index >= 15 is 0 Å². The van der Waals surface area contributed by atoms with E-state index in [-0.39, 0.29) is 12.8 Å². The van der Waals surface area contributed by atoms with E-state index in [1.165, 1.54) is 213 Å². The molecular weight excluding hydrogens is 1460 g/mol. The van der Waals surface area contributed by atoms with Crippen LogP contribution in [-0.4, -0.2) is 177 Å². The van der Waals surface area contributed by atoms with Gasteiger partial charge in [-0.05, 0) is 270 Å². The van der Waals surface area contributed by atoms with Crippen molar-refractivity contribution in [2.75, 3.05) is 140 Å². The van der Waals surface area contributed by atoms with Crippen molar-refractivity contribution in [2.24, 2.45) is 95.1 Å². The summed E-state index contributed by atoms with van der Waals surface area (Å²) >= 11 is 0. The third-order valence-electron chi connectivity index (χ3n) is 24.8. The Morgan fingerprint density at radius 3 is 1.01 bits per heavy atom. The fourth-order valence-electron chi connectivity index (χ4n) is 13.4. The Morgan fingerprint density at radius 2 is 0.756 bits per heavy atom. The zero-order valence-corrected chi connectivity index (χ0v) is 91.1. The second kappa shape index (κ2) is 72.4. The molecule has 0 amide bonds. The molecule has 0 radical (unpaired) electrons. The monoisotopic (exact) mass is 1700 g/mol. The van der Waals surface area contributed by atoms with Crippen molar-refractivity contribution in [3.8, 4) is 0 Å². The summed E-state index contributed by atoms with van der Waals surface area (Å²) < 4.78 is 25.8. The number of hydrogen-bond donors (Lipinski definition) is 1. The van der Waals surface area contributed by atoms with Gasteiger partial charge in [0.1, 0.15) is 0 Å². The fourth-order valence-corrected chi connectivity index (χ4v) is 13.4. The molecule has 6 fully saturated rings. The maximum Gasteiger partial charge on any atom is 0.0700 e. The summed E-state index contributed by atoms with van der Waals surface area (Å²) in [6, 6.07) is 0. The van der Waals surface area contributed by atoms with Gasteiger partial charge in [0.05, 0.1) is 25.4 Å². The van der Waals surface area contributed by atoms with Crippen LogP contribution in [0.5, 0.6) is 0 Å². The lowest BCUT2D eigenvalue weighted by molar-refractivity contribution is -0.0382. The molecule has 0 aromatic carbocycles. The molecule has 0 bridgehead atoms. The van der Waals surface area contributed by atoms with Crippen molar-refractivity contribution in [3.05, 3.63) is 0 Å². The highest BCUT2D eigenvalue weighted by molar-refractivity contribution is 4.88. The first kappa shape index (κ1) is 134. The Labute approximate surface area is 757 Å². The van der Waals surface area contributed by atoms with E-state index in [2.05, 4.69) is 311 Å². The van der Waals surface area contributed by atoms with Crippen LogP contribution >= 0.6 is 0 Å². The van der Waals surface area contributed by atoms with Gasteiger partial charge in [0, 0.05) is 73.9 Å². The first-order chi connectivity index (χ1) is 53.8. The van der Waals surface area contributed by atoms with Crippen LogP contribution in [0.2, 0.25) is 0 Å². The second-order valence-electron chi connectivity index (χ2n) is 49.1. The summed E-state index contributed by atoms with van der Waals surface area (Å²) in [6.45, 7) is 115. The lowest BCUT2D eigenvalue weighted by atomic mass is 9.67. The van der Waals surface area contributed by atoms with Gasteiger partial charge >= 0.3 is 0 Å². The molecule has 119 heavy (non-hydrogen) atoms. The van der Waals surface area contributed by atoms with Gasteiger partial charge in [-0.25, -0.2) is 0 Å². The second-order valence-corrected chi connectivity index (χ2v) is 49.1. The third kappa shape index (κ3) is 96.5. The number of aliphatic hydroxyl groups excluding tert-OH is 1. The number of hydrogen-bond acceptors (Lipinski definition) is 10. The van der Waals surface area contributed by atoms with E-state index < -0.39 is 0 Å². The number of rotatable bonds is 21. The molecule has 6 rings (SSSR count). The number of piperazine rings is 1. The highest BCUT2D eigenvalue weighted by Crippen LogP contribution is 2.43.